The van der Waals surface area contributed by atoms with Crippen LogP contribution in [0.2, 0.25) is 0 Å². The molecule has 0 saturated carbocycles. The van der Waals surface area contributed by atoms with E-state index >= 15 is 0 Å². The van der Waals surface area contributed by atoms with Gasteiger partial charge in [0.2, 0.25) is 0 Å². The Bertz CT molecular complexity index is 283. The van der Waals surface area contributed by atoms with Crippen LogP contribution in [0, 0.1) is 0 Å². The van der Waals surface area contributed by atoms with Gasteiger partial charge in [-0.05, 0) is 40.2 Å². The number of hydrogen-bond donors (Lipinski definition) is 0. The van der Waals surface area contributed by atoms with Crippen LogP contribution in [0.5, 0.6) is 0 Å². The molecule has 1 rings (SSSR count). The van der Waals surface area contributed by atoms with Crippen molar-refractivity contribution >= 4 is 0 Å². The number of nitrogens with zero attached hydrogens (tertiary/aromatic N) is 2. The fraction of sp³-hybridized carbons (Fsp3) is 1.00. The molecule has 0 aliphatic carbocycles. The van der Waals surface area contributed by atoms with Gasteiger partial charge in [0.15, 0.2) is 0 Å². The quantitative estimate of drug-likeness (QED) is 0.546. The van der Waals surface area contributed by atoms with Crippen LogP contribution in [-0.2, 0) is 9.47 Å². The van der Waals surface area contributed by atoms with E-state index in [2.05, 4.69) is 23.6 Å². The van der Waals surface area contributed by atoms with Crippen LogP contribution in [0.4, 0.5) is 8.78 Å². The molecule has 0 spiro atoms. The molecule has 0 radical (unpaired) electrons. The Morgan fingerprint density at radius 1 is 1.00 bits per heavy atom. The van der Waals surface area contributed by atoms with Crippen LogP contribution >= 0.6 is 0 Å². The maximum Gasteiger partial charge on any atom is 0.293 e. The third-order valence-electron chi connectivity index (χ3n) is 3.98. The van der Waals surface area contributed by atoms with Crippen LogP contribution in [0.1, 0.15) is 33.6 Å². The first-order valence-corrected chi connectivity index (χ1v) is 8.44. The van der Waals surface area contributed by atoms with Gasteiger partial charge in [-0.3, -0.25) is 4.90 Å². The lowest BCUT2D eigenvalue weighted by atomic mass is 10.2. The third kappa shape index (κ3) is 8.36. The molecule has 0 aromatic rings. The van der Waals surface area contributed by atoms with E-state index in [0.717, 1.165) is 45.6 Å². The highest BCUT2D eigenvalue weighted by atomic mass is 19.3. The van der Waals surface area contributed by atoms with Gasteiger partial charge >= 0.3 is 0 Å². The summed E-state index contributed by atoms with van der Waals surface area (Å²) in [7, 11) is 0. The molecule has 0 unspecified atom stereocenters. The van der Waals surface area contributed by atoms with Gasteiger partial charge in [-0.2, -0.15) is 0 Å². The van der Waals surface area contributed by atoms with Crippen LogP contribution in [0.25, 0.3) is 0 Å². The average molecular weight is 322 g/mol. The fourth-order valence-corrected chi connectivity index (χ4v) is 2.56. The van der Waals surface area contributed by atoms with Crippen molar-refractivity contribution in [1.29, 1.82) is 0 Å². The summed E-state index contributed by atoms with van der Waals surface area (Å²) in [5.74, 6) is -2.87. The molecule has 1 saturated heterocycles. The second-order valence-corrected chi connectivity index (χ2v) is 6.22. The molecule has 0 aromatic heterocycles. The zero-order valence-corrected chi connectivity index (χ0v) is 14.3. The molecule has 22 heavy (non-hydrogen) atoms. The van der Waals surface area contributed by atoms with E-state index in [0.29, 0.717) is 19.3 Å². The maximum absolute atomic E-state index is 13.2. The van der Waals surface area contributed by atoms with Crippen molar-refractivity contribution in [3.8, 4) is 0 Å². The number of rotatable bonds is 11. The van der Waals surface area contributed by atoms with Crippen molar-refractivity contribution in [2.24, 2.45) is 0 Å². The topological polar surface area (TPSA) is 24.9 Å². The molecule has 0 aromatic carbocycles. The molecule has 0 N–H and O–H groups in total. The predicted molar refractivity (Wildman–Crippen MR) is 84.6 cm³/mol. The zero-order chi connectivity index (χ0) is 16.4. The largest absolute Gasteiger partial charge is 0.375 e. The Labute approximate surface area is 133 Å². The number of ether oxygens (including phenoxy) is 2. The lowest BCUT2D eigenvalue weighted by Gasteiger charge is -2.36. The summed E-state index contributed by atoms with van der Waals surface area (Å²) in [6.07, 6.45) is 1.83. The first-order valence-electron chi connectivity index (χ1n) is 8.44. The third-order valence-corrected chi connectivity index (χ3v) is 3.98. The summed E-state index contributed by atoms with van der Waals surface area (Å²) >= 11 is 0. The first-order chi connectivity index (χ1) is 10.4. The Balaban J connectivity index is 1.98. The van der Waals surface area contributed by atoms with E-state index in [1.54, 1.807) is 6.92 Å². The average Bonchev–Trinajstić information content (AvgIpc) is 2.49. The molecule has 0 atom stereocenters. The number of unbranched alkanes of at least 4 members (excludes halogenated alkanes) is 1. The van der Waals surface area contributed by atoms with Crippen molar-refractivity contribution in [3.63, 3.8) is 0 Å². The normalized spacial score (nSPS) is 18.3. The SMILES string of the molecule is CCOCC(F)(F)COCCCCN1CCN(C(C)C)CC1. The lowest BCUT2D eigenvalue weighted by Crippen LogP contribution is -2.48. The van der Waals surface area contributed by atoms with Crippen molar-refractivity contribution in [2.45, 2.75) is 45.6 Å². The van der Waals surface area contributed by atoms with Gasteiger partial charge in [-0.25, -0.2) is 8.78 Å². The van der Waals surface area contributed by atoms with Crippen molar-refractivity contribution in [2.75, 3.05) is 59.2 Å². The fourth-order valence-electron chi connectivity index (χ4n) is 2.56. The monoisotopic (exact) mass is 322 g/mol. The van der Waals surface area contributed by atoms with E-state index in [4.69, 9.17) is 9.47 Å². The summed E-state index contributed by atoms with van der Waals surface area (Å²) in [4.78, 5) is 4.93. The molecule has 1 fully saturated rings. The summed E-state index contributed by atoms with van der Waals surface area (Å²) in [6.45, 7) is 11.3. The highest BCUT2D eigenvalue weighted by molar-refractivity contribution is 4.74. The number of piperazine rings is 1. The van der Waals surface area contributed by atoms with Crippen LogP contribution in [0.15, 0.2) is 0 Å². The summed E-state index contributed by atoms with van der Waals surface area (Å²) in [5.41, 5.74) is 0. The molecule has 1 aliphatic heterocycles. The van der Waals surface area contributed by atoms with Crippen LogP contribution in [0.3, 0.4) is 0 Å². The van der Waals surface area contributed by atoms with Gasteiger partial charge in [0, 0.05) is 45.4 Å². The molecule has 6 heteroatoms. The van der Waals surface area contributed by atoms with E-state index in [9.17, 15) is 8.78 Å². The van der Waals surface area contributed by atoms with Crippen molar-refractivity contribution < 1.29 is 18.3 Å². The number of hydrogen-bond acceptors (Lipinski definition) is 4. The second kappa shape index (κ2) is 10.5. The Morgan fingerprint density at radius 2 is 1.64 bits per heavy atom. The van der Waals surface area contributed by atoms with Gasteiger partial charge in [0.25, 0.3) is 5.92 Å². The summed E-state index contributed by atoms with van der Waals surface area (Å²) in [6, 6.07) is 0.619. The van der Waals surface area contributed by atoms with Crippen molar-refractivity contribution in [3.05, 3.63) is 0 Å². The van der Waals surface area contributed by atoms with E-state index in [1.807, 2.05) is 0 Å². The molecule has 1 aliphatic rings. The van der Waals surface area contributed by atoms with Crippen LogP contribution in [-0.4, -0.2) is 80.9 Å². The smallest absolute Gasteiger partial charge is 0.293 e. The molecule has 4 nitrogen and oxygen atoms in total. The zero-order valence-electron chi connectivity index (χ0n) is 14.3. The van der Waals surface area contributed by atoms with Gasteiger partial charge in [0.1, 0.15) is 13.2 Å². The van der Waals surface area contributed by atoms with E-state index in [1.165, 1.54) is 0 Å². The van der Waals surface area contributed by atoms with Gasteiger partial charge in [0.05, 0.1) is 0 Å². The number of alkyl halides is 2. The predicted octanol–water partition coefficient (Wildman–Crippen LogP) is 2.48. The highest BCUT2D eigenvalue weighted by Crippen LogP contribution is 2.14. The minimum atomic E-state index is -2.87. The standard InChI is InChI=1S/C16H32F2N2O2/c1-4-21-13-16(17,18)14-22-12-6-5-7-19-8-10-20(11-9-19)15(2)3/h15H,4-14H2,1-3H3. The van der Waals surface area contributed by atoms with Crippen LogP contribution < -0.4 is 0 Å². The highest BCUT2D eigenvalue weighted by Gasteiger charge is 2.29. The molecule has 1 heterocycles. The molecule has 0 bridgehead atoms. The maximum atomic E-state index is 13.2. The van der Waals surface area contributed by atoms with E-state index < -0.39 is 19.1 Å². The van der Waals surface area contributed by atoms with Gasteiger partial charge in [-0.1, -0.05) is 0 Å². The summed E-state index contributed by atoms with van der Waals surface area (Å²) in [5, 5.41) is 0. The molecule has 132 valence electrons. The first kappa shape index (κ1) is 19.7. The Morgan fingerprint density at radius 3 is 2.23 bits per heavy atom. The van der Waals surface area contributed by atoms with Gasteiger partial charge in [-0.15, -0.1) is 0 Å². The Kier molecular flexibility index (Phi) is 9.40. The second-order valence-electron chi connectivity index (χ2n) is 6.22. The summed E-state index contributed by atoms with van der Waals surface area (Å²) < 4.78 is 36.3. The van der Waals surface area contributed by atoms with E-state index in [-0.39, 0.29) is 0 Å². The molecule has 0 amide bonds. The minimum Gasteiger partial charge on any atom is -0.375 e. The van der Waals surface area contributed by atoms with Gasteiger partial charge < -0.3 is 14.4 Å². The molecular formula is C16H32F2N2O2. The number of halogens is 2. The minimum absolute atomic E-state index is 0.305. The lowest BCUT2D eigenvalue weighted by molar-refractivity contribution is -0.122. The van der Waals surface area contributed by atoms with Crippen molar-refractivity contribution in [1.82, 2.24) is 9.80 Å². The Hall–Kier alpha value is -0.300. The molecular weight excluding hydrogens is 290 g/mol.